The minimum absolute atomic E-state index is 0.0862. The fourth-order valence-corrected chi connectivity index (χ4v) is 2.90. The van der Waals surface area contributed by atoms with Gasteiger partial charge in [0.05, 0.1) is 5.02 Å². The van der Waals surface area contributed by atoms with Crippen molar-refractivity contribution in [2.45, 2.75) is 20.3 Å². The molecule has 0 amide bonds. The quantitative estimate of drug-likeness (QED) is 0.688. The van der Waals surface area contributed by atoms with E-state index in [1.54, 1.807) is 6.20 Å². The van der Waals surface area contributed by atoms with Crippen molar-refractivity contribution in [1.82, 2.24) is 4.98 Å². The Hall–Kier alpha value is -2.06. The Morgan fingerprint density at radius 1 is 1.19 bits per heavy atom. The molecule has 0 radical (unpaired) electrons. The maximum Gasteiger partial charge on any atom is 0.169 e. The van der Waals surface area contributed by atoms with E-state index in [0.717, 1.165) is 22.0 Å². The Balaban J connectivity index is 2.00. The maximum atomic E-state index is 12.6. The summed E-state index contributed by atoms with van der Waals surface area (Å²) in [5, 5.41) is 1.42. The first-order valence-electron chi connectivity index (χ1n) is 6.91. The van der Waals surface area contributed by atoms with Gasteiger partial charge in [-0.25, -0.2) is 0 Å². The summed E-state index contributed by atoms with van der Waals surface area (Å²) in [5.74, 6) is 0.0862. The molecule has 3 rings (SSSR count). The minimum Gasteiger partial charge on any atom is -0.360 e. The lowest BCUT2D eigenvalue weighted by Gasteiger charge is -2.06. The van der Waals surface area contributed by atoms with Gasteiger partial charge in [-0.15, -0.1) is 0 Å². The van der Waals surface area contributed by atoms with E-state index in [1.165, 1.54) is 5.56 Å². The van der Waals surface area contributed by atoms with Crippen LogP contribution in [-0.2, 0) is 6.42 Å². The Morgan fingerprint density at radius 2 is 2.00 bits per heavy atom. The van der Waals surface area contributed by atoms with Crippen LogP contribution in [0, 0.1) is 13.8 Å². The second kappa shape index (κ2) is 5.38. The first kappa shape index (κ1) is 13.9. The molecule has 0 saturated heterocycles. The van der Waals surface area contributed by atoms with Gasteiger partial charge >= 0.3 is 0 Å². The topological polar surface area (TPSA) is 32.9 Å². The van der Waals surface area contributed by atoms with Crippen LogP contribution in [0.1, 0.15) is 27.0 Å². The van der Waals surface area contributed by atoms with E-state index in [4.69, 9.17) is 11.6 Å². The Labute approximate surface area is 128 Å². The molecule has 0 aliphatic heterocycles. The van der Waals surface area contributed by atoms with Gasteiger partial charge in [-0.1, -0.05) is 41.4 Å². The van der Waals surface area contributed by atoms with Crippen molar-refractivity contribution in [1.29, 1.82) is 0 Å². The van der Waals surface area contributed by atoms with Gasteiger partial charge in [0.25, 0.3) is 0 Å². The van der Waals surface area contributed by atoms with Crippen molar-refractivity contribution >= 4 is 28.3 Å². The van der Waals surface area contributed by atoms with Crippen LogP contribution < -0.4 is 0 Å². The second-order valence-corrected chi connectivity index (χ2v) is 5.80. The largest absolute Gasteiger partial charge is 0.360 e. The number of fused-ring (bicyclic) bond motifs is 1. The van der Waals surface area contributed by atoms with Gasteiger partial charge in [0.15, 0.2) is 5.78 Å². The summed E-state index contributed by atoms with van der Waals surface area (Å²) >= 11 is 6.23. The van der Waals surface area contributed by atoms with Crippen LogP contribution in [-0.4, -0.2) is 10.8 Å². The average molecular weight is 298 g/mol. The van der Waals surface area contributed by atoms with Crippen LogP contribution >= 0.6 is 11.6 Å². The summed E-state index contributed by atoms with van der Waals surface area (Å²) in [7, 11) is 0. The number of Topliss-reactive ketones (excluding diaryl/α,β-unsaturated/α-hetero) is 1. The lowest BCUT2D eigenvalue weighted by Crippen LogP contribution is -2.04. The van der Waals surface area contributed by atoms with E-state index in [1.807, 2.05) is 32.0 Å². The number of aryl methyl sites for hydroxylation is 2. The van der Waals surface area contributed by atoms with Crippen molar-refractivity contribution in [3.63, 3.8) is 0 Å². The highest BCUT2D eigenvalue weighted by atomic mass is 35.5. The van der Waals surface area contributed by atoms with E-state index < -0.39 is 0 Å². The number of ketones is 1. The molecule has 2 aromatic carbocycles. The summed E-state index contributed by atoms with van der Waals surface area (Å²) < 4.78 is 0. The molecule has 3 aromatic rings. The molecule has 3 heteroatoms. The minimum atomic E-state index is 0.0862. The molecule has 1 aromatic heterocycles. The van der Waals surface area contributed by atoms with Gasteiger partial charge in [-0.05, 0) is 37.1 Å². The van der Waals surface area contributed by atoms with Gasteiger partial charge in [-0.3, -0.25) is 4.79 Å². The lowest BCUT2D eigenvalue weighted by molar-refractivity contribution is 0.0994. The third-order valence-electron chi connectivity index (χ3n) is 3.81. The fourth-order valence-electron chi connectivity index (χ4n) is 2.62. The Kier molecular flexibility index (Phi) is 3.56. The highest BCUT2D eigenvalue weighted by Gasteiger charge is 2.15. The summed E-state index contributed by atoms with van der Waals surface area (Å²) in [4.78, 5) is 15.7. The number of hydrogen-bond acceptors (Lipinski definition) is 1. The van der Waals surface area contributed by atoms with E-state index >= 15 is 0 Å². The molecule has 21 heavy (non-hydrogen) atoms. The SMILES string of the molecule is Cc1ccc(C)c(CC(=O)c2c[nH]c3cccc(Cl)c23)c1. The number of carbonyl (C=O) groups is 1. The number of aromatic nitrogens is 1. The molecule has 0 aliphatic carbocycles. The molecule has 0 spiro atoms. The summed E-state index contributed by atoms with van der Waals surface area (Å²) in [5.41, 5.74) is 4.94. The summed E-state index contributed by atoms with van der Waals surface area (Å²) in [6.07, 6.45) is 2.15. The summed E-state index contributed by atoms with van der Waals surface area (Å²) in [6.45, 7) is 4.07. The van der Waals surface area contributed by atoms with E-state index in [2.05, 4.69) is 23.2 Å². The molecule has 0 saturated carbocycles. The van der Waals surface area contributed by atoms with E-state index in [-0.39, 0.29) is 5.78 Å². The van der Waals surface area contributed by atoms with Gasteiger partial charge in [0.1, 0.15) is 0 Å². The van der Waals surface area contributed by atoms with Crippen LogP contribution in [0.5, 0.6) is 0 Å². The van der Waals surface area contributed by atoms with Crippen molar-refractivity contribution in [3.05, 3.63) is 69.9 Å². The molecular formula is C18H16ClNO. The number of benzene rings is 2. The molecule has 106 valence electrons. The van der Waals surface area contributed by atoms with Crippen LogP contribution in [0.2, 0.25) is 5.02 Å². The third kappa shape index (κ3) is 2.59. The fraction of sp³-hybridized carbons (Fsp3) is 0.167. The summed E-state index contributed by atoms with van der Waals surface area (Å²) in [6, 6.07) is 11.8. The van der Waals surface area contributed by atoms with E-state index in [9.17, 15) is 4.79 Å². The first-order valence-corrected chi connectivity index (χ1v) is 7.29. The van der Waals surface area contributed by atoms with Crippen molar-refractivity contribution in [2.75, 3.05) is 0 Å². The first-order chi connectivity index (χ1) is 10.1. The van der Waals surface area contributed by atoms with Crippen LogP contribution in [0.15, 0.2) is 42.6 Å². The van der Waals surface area contributed by atoms with Gasteiger partial charge in [-0.2, -0.15) is 0 Å². The third-order valence-corrected chi connectivity index (χ3v) is 4.13. The molecule has 0 bridgehead atoms. The zero-order chi connectivity index (χ0) is 15.0. The van der Waals surface area contributed by atoms with Gasteiger partial charge < -0.3 is 4.98 Å². The average Bonchev–Trinajstić information content (AvgIpc) is 2.88. The number of carbonyl (C=O) groups excluding carboxylic acids is 1. The second-order valence-electron chi connectivity index (χ2n) is 5.39. The van der Waals surface area contributed by atoms with Gasteiger partial charge in [0, 0.05) is 29.1 Å². The predicted octanol–water partition coefficient (Wildman–Crippen LogP) is 4.86. The molecule has 0 unspecified atom stereocenters. The molecule has 0 fully saturated rings. The lowest BCUT2D eigenvalue weighted by atomic mass is 9.97. The molecule has 1 heterocycles. The molecule has 2 nitrogen and oxygen atoms in total. The van der Waals surface area contributed by atoms with Crippen LogP contribution in [0.25, 0.3) is 10.9 Å². The number of nitrogens with one attached hydrogen (secondary N) is 1. The normalized spacial score (nSPS) is 11.0. The smallest absolute Gasteiger partial charge is 0.169 e. The molecule has 0 atom stereocenters. The number of halogens is 1. The standard InChI is InChI=1S/C18H16ClNO/c1-11-6-7-12(2)13(8-11)9-17(21)14-10-20-16-5-3-4-15(19)18(14)16/h3-8,10,20H,9H2,1-2H3. The highest BCUT2D eigenvalue weighted by molar-refractivity contribution is 6.36. The number of H-pyrrole nitrogens is 1. The monoisotopic (exact) mass is 297 g/mol. The van der Waals surface area contributed by atoms with Gasteiger partial charge in [0.2, 0.25) is 0 Å². The Bertz CT molecular complexity index is 832. The Morgan fingerprint density at radius 3 is 2.81 bits per heavy atom. The van der Waals surface area contributed by atoms with E-state index in [0.29, 0.717) is 17.0 Å². The number of rotatable bonds is 3. The van der Waals surface area contributed by atoms with Crippen molar-refractivity contribution < 1.29 is 4.79 Å². The molecule has 1 N–H and O–H groups in total. The zero-order valence-electron chi connectivity index (χ0n) is 12.0. The highest BCUT2D eigenvalue weighted by Crippen LogP contribution is 2.27. The predicted molar refractivity (Wildman–Crippen MR) is 87.3 cm³/mol. The van der Waals surface area contributed by atoms with Crippen LogP contribution in [0.4, 0.5) is 0 Å². The zero-order valence-corrected chi connectivity index (χ0v) is 12.8. The number of aromatic amines is 1. The van der Waals surface area contributed by atoms with Crippen LogP contribution in [0.3, 0.4) is 0 Å². The molecule has 0 aliphatic rings. The molecular weight excluding hydrogens is 282 g/mol. The maximum absolute atomic E-state index is 12.6. The van der Waals surface area contributed by atoms with Crippen molar-refractivity contribution in [3.8, 4) is 0 Å². The number of hydrogen-bond donors (Lipinski definition) is 1. The van der Waals surface area contributed by atoms with Crippen molar-refractivity contribution in [2.24, 2.45) is 0 Å².